The number of rotatable bonds is 6. The molecule has 2 aromatic rings. The van der Waals surface area contributed by atoms with E-state index < -0.39 is 0 Å². The number of nitrogens with zero attached hydrogens (tertiary/aromatic N) is 2. The van der Waals surface area contributed by atoms with Crippen LogP contribution >= 0.6 is 34.9 Å². The van der Waals surface area contributed by atoms with Crippen molar-refractivity contribution in [1.29, 1.82) is 0 Å². The molecule has 3 nitrogen and oxygen atoms in total. The molecule has 0 aliphatic carbocycles. The van der Waals surface area contributed by atoms with Crippen molar-refractivity contribution in [2.24, 2.45) is 0 Å². The van der Waals surface area contributed by atoms with Gasteiger partial charge < -0.3 is 4.74 Å². The second-order valence-electron chi connectivity index (χ2n) is 3.52. The molecular formula is C12H13FN2OS3. The Balaban J connectivity index is 1.95. The first kappa shape index (κ1) is 14.6. The average molecular weight is 316 g/mol. The molecule has 0 saturated carbocycles. The molecule has 0 spiro atoms. The van der Waals surface area contributed by atoms with Crippen LogP contribution in [0.25, 0.3) is 0 Å². The molecule has 0 amide bonds. The van der Waals surface area contributed by atoms with Crippen molar-refractivity contribution < 1.29 is 9.13 Å². The molecular weight excluding hydrogens is 303 g/mol. The van der Waals surface area contributed by atoms with Crippen LogP contribution < -0.4 is 4.74 Å². The molecule has 0 aliphatic rings. The molecule has 0 unspecified atom stereocenters. The van der Waals surface area contributed by atoms with Gasteiger partial charge in [-0.05, 0) is 23.4 Å². The lowest BCUT2D eigenvalue weighted by Gasteiger charge is -2.03. The van der Waals surface area contributed by atoms with Crippen molar-refractivity contribution in [2.75, 3.05) is 12.9 Å². The van der Waals surface area contributed by atoms with Crippen LogP contribution in [-0.2, 0) is 5.75 Å². The van der Waals surface area contributed by atoms with Gasteiger partial charge in [-0.3, -0.25) is 0 Å². The highest BCUT2D eigenvalue weighted by Gasteiger charge is 2.07. The summed E-state index contributed by atoms with van der Waals surface area (Å²) in [6.07, 6.45) is 0. The number of hydrogen-bond acceptors (Lipinski definition) is 6. The fraction of sp³-hybridized carbons (Fsp3) is 0.333. The van der Waals surface area contributed by atoms with Crippen LogP contribution in [0.15, 0.2) is 26.9 Å². The Morgan fingerprint density at radius 2 is 2.00 bits per heavy atom. The molecule has 1 aromatic carbocycles. The van der Waals surface area contributed by atoms with Gasteiger partial charge in [0.2, 0.25) is 0 Å². The van der Waals surface area contributed by atoms with Crippen molar-refractivity contribution >= 4 is 34.9 Å². The third-order valence-corrected chi connectivity index (χ3v) is 5.38. The van der Waals surface area contributed by atoms with E-state index in [1.165, 1.54) is 13.2 Å². The molecule has 1 aromatic heterocycles. The van der Waals surface area contributed by atoms with Gasteiger partial charge in [0, 0.05) is 5.75 Å². The summed E-state index contributed by atoms with van der Waals surface area (Å²) in [4.78, 5) is 0. The van der Waals surface area contributed by atoms with Crippen LogP contribution in [0.1, 0.15) is 12.5 Å². The van der Waals surface area contributed by atoms with E-state index in [4.69, 9.17) is 4.74 Å². The first-order valence-electron chi connectivity index (χ1n) is 5.64. The Kier molecular flexibility index (Phi) is 5.47. The number of benzene rings is 1. The molecule has 0 radical (unpaired) electrons. The van der Waals surface area contributed by atoms with E-state index in [1.54, 1.807) is 40.9 Å². The lowest BCUT2D eigenvalue weighted by atomic mass is 10.2. The molecule has 0 saturated heterocycles. The molecule has 0 bridgehead atoms. The largest absolute Gasteiger partial charge is 0.494 e. The zero-order valence-electron chi connectivity index (χ0n) is 10.6. The zero-order chi connectivity index (χ0) is 13.7. The molecule has 0 fully saturated rings. The molecule has 2 rings (SSSR count). The van der Waals surface area contributed by atoms with Crippen molar-refractivity contribution in [3.63, 3.8) is 0 Å². The maximum absolute atomic E-state index is 13.5. The number of halogens is 1. The van der Waals surface area contributed by atoms with Gasteiger partial charge in [0.1, 0.15) is 0 Å². The maximum Gasteiger partial charge on any atom is 0.175 e. The normalized spacial score (nSPS) is 10.7. The molecule has 0 N–H and O–H groups in total. The van der Waals surface area contributed by atoms with Crippen molar-refractivity contribution in [3.05, 3.63) is 29.6 Å². The zero-order valence-corrected chi connectivity index (χ0v) is 13.0. The standard InChI is InChI=1S/C12H13FN2OS3/c1-3-17-11-14-15-12(19-11)18-7-8-4-5-10(16-2)9(13)6-8/h4-6H,3,7H2,1-2H3. The Morgan fingerprint density at radius 1 is 1.26 bits per heavy atom. The fourth-order valence-corrected chi connectivity index (χ4v) is 4.24. The Bertz CT molecular complexity index is 548. The quantitative estimate of drug-likeness (QED) is 0.750. The van der Waals surface area contributed by atoms with Gasteiger partial charge in [0.25, 0.3) is 0 Å². The minimum Gasteiger partial charge on any atom is -0.494 e. The summed E-state index contributed by atoms with van der Waals surface area (Å²) < 4.78 is 20.3. The van der Waals surface area contributed by atoms with E-state index in [0.717, 1.165) is 20.0 Å². The Labute approximate surface area is 124 Å². The van der Waals surface area contributed by atoms with Gasteiger partial charge in [-0.25, -0.2) is 4.39 Å². The summed E-state index contributed by atoms with van der Waals surface area (Å²) in [5.41, 5.74) is 0.906. The highest BCUT2D eigenvalue weighted by Crippen LogP contribution is 2.31. The second-order valence-corrected chi connectivity index (χ2v) is 7.24. The summed E-state index contributed by atoms with van der Waals surface area (Å²) >= 11 is 4.82. The van der Waals surface area contributed by atoms with Crippen LogP contribution in [-0.4, -0.2) is 23.1 Å². The summed E-state index contributed by atoms with van der Waals surface area (Å²) in [5, 5.41) is 8.18. The van der Waals surface area contributed by atoms with E-state index in [2.05, 4.69) is 17.1 Å². The highest BCUT2D eigenvalue weighted by atomic mass is 32.2. The summed E-state index contributed by atoms with van der Waals surface area (Å²) in [6.45, 7) is 2.08. The topological polar surface area (TPSA) is 35.0 Å². The second kappa shape index (κ2) is 7.12. The first-order valence-corrected chi connectivity index (χ1v) is 8.43. The van der Waals surface area contributed by atoms with E-state index in [9.17, 15) is 4.39 Å². The Morgan fingerprint density at radius 3 is 2.63 bits per heavy atom. The number of hydrogen-bond donors (Lipinski definition) is 0. The predicted octanol–water partition coefficient (Wildman–Crippen LogP) is 4.09. The fourth-order valence-electron chi connectivity index (χ4n) is 1.38. The van der Waals surface area contributed by atoms with E-state index in [0.29, 0.717) is 5.75 Å². The molecule has 102 valence electrons. The molecule has 1 heterocycles. The minimum absolute atomic E-state index is 0.270. The summed E-state index contributed by atoms with van der Waals surface area (Å²) in [6, 6.07) is 5.00. The summed E-state index contributed by atoms with van der Waals surface area (Å²) in [5.74, 6) is 1.60. The van der Waals surface area contributed by atoms with E-state index in [-0.39, 0.29) is 11.6 Å². The number of ether oxygens (including phenoxy) is 1. The van der Waals surface area contributed by atoms with E-state index in [1.807, 2.05) is 6.07 Å². The van der Waals surface area contributed by atoms with Crippen LogP contribution in [0.2, 0.25) is 0 Å². The van der Waals surface area contributed by atoms with Gasteiger partial charge in [-0.2, -0.15) is 0 Å². The van der Waals surface area contributed by atoms with Gasteiger partial charge in [0.15, 0.2) is 20.2 Å². The number of aromatic nitrogens is 2. The Hall–Kier alpha value is -0.790. The highest BCUT2D eigenvalue weighted by molar-refractivity contribution is 8.02. The van der Waals surface area contributed by atoms with Crippen molar-refractivity contribution in [3.8, 4) is 5.75 Å². The predicted molar refractivity (Wildman–Crippen MR) is 78.8 cm³/mol. The smallest absolute Gasteiger partial charge is 0.175 e. The molecule has 7 heteroatoms. The van der Waals surface area contributed by atoms with Gasteiger partial charge in [-0.1, -0.05) is 47.9 Å². The number of thioether (sulfide) groups is 2. The third-order valence-electron chi connectivity index (χ3n) is 2.23. The SMILES string of the molecule is CCSc1nnc(SCc2ccc(OC)c(F)c2)s1. The molecule has 0 aliphatic heterocycles. The van der Waals surface area contributed by atoms with Crippen LogP contribution in [0, 0.1) is 5.82 Å². The van der Waals surface area contributed by atoms with Crippen molar-refractivity contribution in [2.45, 2.75) is 21.4 Å². The lowest BCUT2D eigenvalue weighted by Crippen LogP contribution is -1.89. The number of methoxy groups -OCH3 is 1. The molecule has 19 heavy (non-hydrogen) atoms. The minimum atomic E-state index is -0.333. The average Bonchev–Trinajstić information content (AvgIpc) is 2.85. The van der Waals surface area contributed by atoms with Crippen LogP contribution in [0.3, 0.4) is 0 Å². The molecule has 0 atom stereocenters. The lowest BCUT2D eigenvalue weighted by molar-refractivity contribution is 0.386. The third kappa shape index (κ3) is 4.09. The summed E-state index contributed by atoms with van der Waals surface area (Å²) in [7, 11) is 1.46. The van der Waals surface area contributed by atoms with Gasteiger partial charge in [-0.15, -0.1) is 10.2 Å². The van der Waals surface area contributed by atoms with Crippen LogP contribution in [0.5, 0.6) is 5.75 Å². The van der Waals surface area contributed by atoms with Gasteiger partial charge in [0.05, 0.1) is 7.11 Å². The van der Waals surface area contributed by atoms with Crippen LogP contribution in [0.4, 0.5) is 4.39 Å². The van der Waals surface area contributed by atoms with Crippen molar-refractivity contribution in [1.82, 2.24) is 10.2 Å². The van der Waals surface area contributed by atoms with E-state index >= 15 is 0 Å². The first-order chi connectivity index (χ1) is 9.22. The van der Waals surface area contributed by atoms with Gasteiger partial charge >= 0.3 is 0 Å². The maximum atomic E-state index is 13.5. The monoisotopic (exact) mass is 316 g/mol.